The average molecular weight is 330 g/mol. The topological polar surface area (TPSA) is 42.0 Å². The number of benzene rings is 1. The fraction of sp³-hybridized carbons (Fsp3) is 0.421. The molecule has 0 amide bonds. The Labute approximate surface area is 144 Å². The van der Waals surface area contributed by atoms with Crippen molar-refractivity contribution < 1.29 is 14.3 Å². The minimum atomic E-state index is -0.438. The molecule has 0 fully saturated rings. The van der Waals surface area contributed by atoms with Gasteiger partial charge in [-0.3, -0.25) is 14.6 Å². The summed E-state index contributed by atoms with van der Waals surface area (Å²) in [5.74, 6) is 0.624. The molecule has 2 rings (SSSR count). The average Bonchev–Trinajstić information content (AvgIpc) is 2.59. The molecule has 0 N–H and O–H groups in total. The minimum Gasteiger partial charge on any atom is -0.497 e. The highest BCUT2D eigenvalue weighted by molar-refractivity contribution is 6.11. The Bertz CT molecular complexity index is 654. The molecule has 1 aliphatic carbocycles. The summed E-state index contributed by atoms with van der Waals surface area (Å²) < 4.78 is 10.9. The molecule has 24 heavy (non-hydrogen) atoms. The summed E-state index contributed by atoms with van der Waals surface area (Å²) in [5.41, 5.74) is 0.782. The third-order valence-corrected chi connectivity index (χ3v) is 4.54. The van der Waals surface area contributed by atoms with Crippen molar-refractivity contribution in [1.82, 2.24) is 9.80 Å². The second-order valence-corrected chi connectivity index (χ2v) is 6.24. The van der Waals surface area contributed by atoms with Crippen molar-refractivity contribution in [3.63, 3.8) is 0 Å². The van der Waals surface area contributed by atoms with E-state index in [2.05, 4.69) is 9.80 Å². The van der Waals surface area contributed by atoms with Gasteiger partial charge in [-0.1, -0.05) is 18.2 Å². The third-order valence-electron chi connectivity index (χ3n) is 4.54. The molecule has 0 aromatic heterocycles. The van der Waals surface area contributed by atoms with Crippen molar-refractivity contribution in [1.29, 1.82) is 0 Å². The molecule has 5 nitrogen and oxygen atoms in total. The summed E-state index contributed by atoms with van der Waals surface area (Å²) in [5, 5.41) is 0. The lowest BCUT2D eigenvalue weighted by atomic mass is 9.88. The number of rotatable bonds is 6. The highest BCUT2D eigenvalue weighted by atomic mass is 16.5. The van der Waals surface area contributed by atoms with Gasteiger partial charge in [0.25, 0.3) is 0 Å². The van der Waals surface area contributed by atoms with Gasteiger partial charge in [-0.25, -0.2) is 0 Å². The van der Waals surface area contributed by atoms with Crippen molar-refractivity contribution in [3.05, 3.63) is 53.6 Å². The first kappa shape index (κ1) is 18.4. The molecule has 0 bridgehead atoms. The molecular formula is C19H26N2O3. The van der Waals surface area contributed by atoms with Crippen LogP contribution in [0, 0.1) is 0 Å². The van der Waals surface area contributed by atoms with Crippen LogP contribution < -0.4 is 4.74 Å². The van der Waals surface area contributed by atoms with E-state index in [0.29, 0.717) is 16.9 Å². The summed E-state index contributed by atoms with van der Waals surface area (Å²) in [6.45, 7) is 0. The number of ketones is 1. The molecular weight excluding hydrogens is 304 g/mol. The zero-order valence-electron chi connectivity index (χ0n) is 15.2. The molecule has 1 aromatic carbocycles. The van der Waals surface area contributed by atoms with Gasteiger partial charge in [-0.05, 0) is 52.5 Å². The molecule has 0 aliphatic heterocycles. The number of hydrogen-bond acceptors (Lipinski definition) is 5. The van der Waals surface area contributed by atoms with Crippen LogP contribution in [-0.4, -0.2) is 69.8 Å². The molecule has 1 aliphatic rings. The van der Waals surface area contributed by atoms with Crippen LogP contribution in [0.15, 0.2) is 48.1 Å². The number of carbonyl (C=O) groups excluding carboxylic acids is 1. The van der Waals surface area contributed by atoms with Gasteiger partial charge >= 0.3 is 0 Å². The first-order chi connectivity index (χ1) is 11.4. The standard InChI is InChI=1S/C19H26N2O3/c1-20(2)19(21(3)4)11-10-15(13-17(19)24-6)18(22)14-8-7-9-16(12-14)23-5/h7-13,17H,1-6H3. The van der Waals surface area contributed by atoms with E-state index in [9.17, 15) is 4.79 Å². The van der Waals surface area contributed by atoms with Crippen LogP contribution in [0.1, 0.15) is 10.4 Å². The number of ether oxygens (including phenoxy) is 2. The van der Waals surface area contributed by atoms with Crippen molar-refractivity contribution in [3.8, 4) is 5.75 Å². The van der Waals surface area contributed by atoms with E-state index in [1.807, 2.05) is 58.6 Å². The van der Waals surface area contributed by atoms with Gasteiger partial charge in [0.2, 0.25) is 0 Å². The summed E-state index contributed by atoms with van der Waals surface area (Å²) in [6, 6.07) is 7.18. The van der Waals surface area contributed by atoms with E-state index < -0.39 is 5.66 Å². The van der Waals surface area contributed by atoms with Crippen LogP contribution in [0.2, 0.25) is 0 Å². The Hall–Kier alpha value is -1.95. The fourth-order valence-electron chi connectivity index (χ4n) is 3.18. The zero-order valence-corrected chi connectivity index (χ0v) is 15.2. The van der Waals surface area contributed by atoms with Crippen LogP contribution in [0.25, 0.3) is 0 Å². The van der Waals surface area contributed by atoms with Gasteiger partial charge < -0.3 is 9.47 Å². The summed E-state index contributed by atoms with van der Waals surface area (Å²) in [7, 11) is 11.2. The zero-order chi connectivity index (χ0) is 17.9. The van der Waals surface area contributed by atoms with Gasteiger partial charge in [-0.2, -0.15) is 0 Å². The van der Waals surface area contributed by atoms with E-state index in [-0.39, 0.29) is 11.9 Å². The summed E-state index contributed by atoms with van der Waals surface area (Å²) in [4.78, 5) is 17.0. The van der Waals surface area contributed by atoms with E-state index in [1.165, 1.54) is 0 Å². The van der Waals surface area contributed by atoms with E-state index in [4.69, 9.17) is 9.47 Å². The number of allylic oxidation sites excluding steroid dienone is 2. The predicted octanol–water partition coefficient (Wildman–Crippen LogP) is 2.21. The lowest BCUT2D eigenvalue weighted by Crippen LogP contribution is -2.62. The van der Waals surface area contributed by atoms with Crippen molar-refractivity contribution in [2.75, 3.05) is 42.4 Å². The van der Waals surface area contributed by atoms with Crippen LogP contribution in [-0.2, 0) is 4.74 Å². The Kier molecular flexibility index (Phi) is 5.59. The second-order valence-electron chi connectivity index (χ2n) is 6.24. The SMILES string of the molecule is COc1cccc(C(=O)C2=CC(OC)C(N(C)C)(N(C)C)C=C2)c1. The predicted molar refractivity (Wildman–Crippen MR) is 95.4 cm³/mol. The van der Waals surface area contributed by atoms with E-state index >= 15 is 0 Å². The van der Waals surface area contributed by atoms with Gasteiger partial charge in [0.05, 0.1) is 7.11 Å². The molecule has 5 heteroatoms. The number of likely N-dealkylation sites (N-methyl/N-ethyl adjacent to an activating group) is 2. The van der Waals surface area contributed by atoms with E-state index in [1.54, 1.807) is 26.4 Å². The van der Waals surface area contributed by atoms with Gasteiger partial charge in [0, 0.05) is 18.2 Å². The quantitative estimate of drug-likeness (QED) is 0.591. The van der Waals surface area contributed by atoms with Gasteiger partial charge in [-0.15, -0.1) is 0 Å². The molecule has 0 heterocycles. The fourth-order valence-corrected chi connectivity index (χ4v) is 3.18. The molecule has 1 atom stereocenters. The lowest BCUT2D eigenvalue weighted by Gasteiger charge is -2.48. The third kappa shape index (κ3) is 3.15. The van der Waals surface area contributed by atoms with Crippen LogP contribution in [0.5, 0.6) is 5.75 Å². The van der Waals surface area contributed by atoms with Gasteiger partial charge in [0.1, 0.15) is 17.5 Å². The number of nitrogens with zero attached hydrogens (tertiary/aromatic N) is 2. The molecule has 1 aromatic rings. The number of carbonyl (C=O) groups is 1. The summed E-state index contributed by atoms with van der Waals surface area (Å²) in [6.07, 6.45) is 5.52. The maximum Gasteiger partial charge on any atom is 0.192 e. The second kappa shape index (κ2) is 7.30. The highest BCUT2D eigenvalue weighted by Crippen LogP contribution is 2.31. The maximum atomic E-state index is 12.8. The van der Waals surface area contributed by atoms with Gasteiger partial charge in [0.15, 0.2) is 5.78 Å². The largest absolute Gasteiger partial charge is 0.497 e. The Balaban J connectivity index is 2.38. The molecule has 0 saturated carbocycles. The lowest BCUT2D eigenvalue weighted by molar-refractivity contribution is -0.0597. The summed E-state index contributed by atoms with van der Waals surface area (Å²) >= 11 is 0. The Morgan fingerprint density at radius 2 is 1.79 bits per heavy atom. The number of Topliss-reactive ketones (excluding diaryl/α,β-unsaturated/α-hetero) is 1. The van der Waals surface area contributed by atoms with Crippen LogP contribution in [0.3, 0.4) is 0 Å². The Morgan fingerprint density at radius 1 is 1.12 bits per heavy atom. The van der Waals surface area contributed by atoms with Crippen molar-refractivity contribution in [2.24, 2.45) is 0 Å². The van der Waals surface area contributed by atoms with Crippen LogP contribution >= 0.6 is 0 Å². The Morgan fingerprint density at radius 3 is 2.33 bits per heavy atom. The number of methoxy groups -OCH3 is 2. The minimum absolute atomic E-state index is 0.0432. The van der Waals surface area contributed by atoms with E-state index in [0.717, 1.165) is 0 Å². The molecule has 0 spiro atoms. The first-order valence-electron chi connectivity index (χ1n) is 7.84. The molecule has 1 unspecified atom stereocenters. The smallest absolute Gasteiger partial charge is 0.192 e. The highest BCUT2D eigenvalue weighted by Gasteiger charge is 2.42. The number of hydrogen-bond donors (Lipinski definition) is 0. The maximum absolute atomic E-state index is 12.8. The van der Waals surface area contributed by atoms with Crippen molar-refractivity contribution >= 4 is 5.78 Å². The monoisotopic (exact) mass is 330 g/mol. The van der Waals surface area contributed by atoms with Crippen molar-refractivity contribution in [2.45, 2.75) is 11.8 Å². The normalized spacial score (nSPS) is 19.5. The molecule has 0 saturated heterocycles. The molecule has 0 radical (unpaired) electrons. The van der Waals surface area contributed by atoms with Crippen LogP contribution in [0.4, 0.5) is 0 Å². The molecule has 130 valence electrons. The first-order valence-corrected chi connectivity index (χ1v) is 7.84.